The lowest BCUT2D eigenvalue weighted by molar-refractivity contribution is -0.191. The number of ketones is 1. The van der Waals surface area contributed by atoms with Crippen LogP contribution < -0.4 is 0 Å². The van der Waals surface area contributed by atoms with E-state index in [1.54, 1.807) is 0 Å². The molecule has 1 heterocycles. The zero-order chi connectivity index (χ0) is 18.8. The predicted octanol–water partition coefficient (Wildman–Crippen LogP) is 4.80. The third-order valence-corrected chi connectivity index (χ3v) is 9.36. The molecule has 1 aliphatic heterocycles. The molecule has 1 N–H and O–H groups in total. The number of rotatable bonds is 2. The minimum atomic E-state index is -0.725. The second-order valence-electron chi connectivity index (χ2n) is 9.89. The molecule has 0 aromatic heterocycles. The lowest BCUT2D eigenvalue weighted by Crippen LogP contribution is -2.55. The van der Waals surface area contributed by atoms with Crippen LogP contribution in [0.25, 0.3) is 0 Å². The summed E-state index contributed by atoms with van der Waals surface area (Å²) in [5.41, 5.74) is 1.41. The first kappa shape index (κ1) is 18.1. The fourth-order valence-corrected chi connectivity index (χ4v) is 8.35. The Morgan fingerprint density at radius 3 is 2.78 bits per heavy atom. The van der Waals surface area contributed by atoms with Crippen LogP contribution in [-0.4, -0.2) is 22.8 Å². The normalized spacial score (nSPS) is 51.1. The molecular formula is C24H34O3. The van der Waals surface area contributed by atoms with Crippen LogP contribution in [0.1, 0.15) is 71.6 Å². The number of allylic oxidation sites excluding steroid dienone is 1. The second-order valence-corrected chi connectivity index (χ2v) is 9.89. The Bertz CT molecular complexity index is 694. The van der Waals surface area contributed by atoms with E-state index in [9.17, 15) is 9.90 Å². The molecule has 3 heteroatoms. The molecule has 3 nitrogen and oxygen atoms in total. The van der Waals surface area contributed by atoms with Gasteiger partial charge < -0.3 is 9.84 Å². The van der Waals surface area contributed by atoms with Crippen molar-refractivity contribution in [2.24, 2.45) is 35.0 Å². The Morgan fingerprint density at radius 2 is 2.07 bits per heavy atom. The molecule has 27 heavy (non-hydrogen) atoms. The topological polar surface area (TPSA) is 46.5 Å². The molecule has 5 rings (SSSR count). The Kier molecular flexibility index (Phi) is 4.22. The summed E-state index contributed by atoms with van der Waals surface area (Å²) in [6.45, 7) is 4.69. The summed E-state index contributed by atoms with van der Waals surface area (Å²) in [7, 11) is 0. The number of aliphatic hydroxyl groups excluding tert-OH is 1. The molecule has 4 unspecified atom stereocenters. The molecule has 8 atom stereocenters. The molecule has 0 saturated heterocycles. The number of hydrogen-bond donors (Lipinski definition) is 1. The summed E-state index contributed by atoms with van der Waals surface area (Å²) < 4.78 is 6.23. The van der Waals surface area contributed by atoms with E-state index in [1.165, 1.54) is 31.3 Å². The summed E-state index contributed by atoms with van der Waals surface area (Å²) >= 11 is 0. The summed E-state index contributed by atoms with van der Waals surface area (Å²) in [6.07, 6.45) is 15.5. The summed E-state index contributed by atoms with van der Waals surface area (Å²) in [6, 6.07) is 0. The van der Waals surface area contributed by atoms with Gasteiger partial charge in [0.2, 0.25) is 0 Å². The van der Waals surface area contributed by atoms with Crippen LogP contribution in [0.5, 0.6) is 0 Å². The Labute approximate surface area is 163 Å². The highest BCUT2D eigenvalue weighted by Crippen LogP contribution is 2.69. The van der Waals surface area contributed by atoms with Gasteiger partial charge in [-0.2, -0.15) is 0 Å². The van der Waals surface area contributed by atoms with E-state index in [0.29, 0.717) is 23.5 Å². The number of hydrogen-bond acceptors (Lipinski definition) is 3. The molecule has 4 aliphatic carbocycles. The van der Waals surface area contributed by atoms with E-state index in [2.05, 4.69) is 19.9 Å². The lowest BCUT2D eigenvalue weighted by Gasteiger charge is -2.59. The average molecular weight is 371 g/mol. The van der Waals surface area contributed by atoms with Gasteiger partial charge in [0.25, 0.3) is 0 Å². The van der Waals surface area contributed by atoms with Gasteiger partial charge in [-0.05, 0) is 86.7 Å². The quantitative estimate of drug-likeness (QED) is 0.710. The third-order valence-electron chi connectivity index (χ3n) is 9.36. The predicted molar refractivity (Wildman–Crippen MR) is 105 cm³/mol. The van der Waals surface area contributed by atoms with Crippen LogP contribution in [0.15, 0.2) is 23.8 Å². The van der Waals surface area contributed by atoms with Crippen molar-refractivity contribution in [2.75, 3.05) is 0 Å². The SMILES string of the molecule is CC[C@@H]1CC2=CC(=O)CC[C@@H]2C2CC[C@@]3(CC)C(CC[C@@]34C=CC(O)O4)C21. The molecule has 1 spiro atoms. The third kappa shape index (κ3) is 2.37. The van der Waals surface area contributed by atoms with Gasteiger partial charge in [-0.15, -0.1) is 0 Å². The summed E-state index contributed by atoms with van der Waals surface area (Å²) in [4.78, 5) is 12.0. The van der Waals surface area contributed by atoms with Gasteiger partial charge in [-0.3, -0.25) is 4.79 Å². The maximum Gasteiger partial charge on any atom is 0.175 e. The van der Waals surface area contributed by atoms with Crippen LogP contribution in [0, 0.1) is 35.0 Å². The standard InChI is InChI=1S/C24H34O3/c1-3-15-13-16-14-17(25)5-6-18(16)19-7-10-23(4-2)20(22(15)19)8-11-24(23)12-9-21(26)27-24/h9,12,14-15,18-22,26H,3-8,10-11,13H2,1-2H3/t15-,18+,19?,20?,21?,22?,23+,24-/m1/s1. The minimum absolute atomic E-state index is 0.182. The fourth-order valence-electron chi connectivity index (χ4n) is 8.35. The van der Waals surface area contributed by atoms with Gasteiger partial charge in [-0.1, -0.05) is 31.9 Å². The highest BCUT2D eigenvalue weighted by atomic mass is 16.6. The van der Waals surface area contributed by atoms with E-state index in [-0.39, 0.29) is 11.0 Å². The van der Waals surface area contributed by atoms with Crippen molar-refractivity contribution in [2.45, 2.75) is 83.5 Å². The first-order chi connectivity index (χ1) is 13.0. The van der Waals surface area contributed by atoms with E-state index in [4.69, 9.17) is 4.74 Å². The Morgan fingerprint density at radius 1 is 1.22 bits per heavy atom. The van der Waals surface area contributed by atoms with Crippen molar-refractivity contribution in [1.29, 1.82) is 0 Å². The van der Waals surface area contributed by atoms with E-state index in [1.807, 2.05) is 12.2 Å². The van der Waals surface area contributed by atoms with Gasteiger partial charge in [0, 0.05) is 11.8 Å². The molecule has 5 aliphatic rings. The second kappa shape index (κ2) is 6.29. The van der Waals surface area contributed by atoms with Crippen molar-refractivity contribution in [3.05, 3.63) is 23.8 Å². The number of aliphatic hydroxyl groups is 1. The van der Waals surface area contributed by atoms with Gasteiger partial charge in [-0.25, -0.2) is 0 Å². The number of fused-ring (bicyclic) bond motifs is 6. The first-order valence-corrected chi connectivity index (χ1v) is 11.3. The van der Waals surface area contributed by atoms with Gasteiger partial charge >= 0.3 is 0 Å². The maximum absolute atomic E-state index is 12.0. The monoisotopic (exact) mass is 370 g/mol. The van der Waals surface area contributed by atoms with Crippen molar-refractivity contribution < 1.29 is 14.6 Å². The lowest BCUT2D eigenvalue weighted by atomic mass is 9.47. The van der Waals surface area contributed by atoms with Gasteiger partial charge in [0.15, 0.2) is 12.1 Å². The average Bonchev–Trinajstić information content (AvgIpc) is 3.21. The van der Waals surface area contributed by atoms with Gasteiger partial charge in [0.05, 0.1) is 5.60 Å². The molecule has 0 aromatic rings. The number of carbonyl (C=O) groups is 1. The fraction of sp³-hybridized carbons (Fsp3) is 0.792. The molecule has 0 aromatic carbocycles. The smallest absolute Gasteiger partial charge is 0.175 e. The molecule has 0 radical (unpaired) electrons. The Balaban J connectivity index is 1.53. The van der Waals surface area contributed by atoms with Crippen molar-refractivity contribution in [1.82, 2.24) is 0 Å². The van der Waals surface area contributed by atoms with Crippen molar-refractivity contribution in [3.8, 4) is 0 Å². The highest BCUT2D eigenvalue weighted by Gasteiger charge is 2.66. The number of carbonyl (C=O) groups excluding carboxylic acids is 1. The van der Waals surface area contributed by atoms with E-state index >= 15 is 0 Å². The van der Waals surface area contributed by atoms with Crippen LogP contribution in [0.4, 0.5) is 0 Å². The van der Waals surface area contributed by atoms with E-state index < -0.39 is 6.29 Å². The summed E-state index contributed by atoms with van der Waals surface area (Å²) in [5, 5.41) is 10.1. The highest BCUT2D eigenvalue weighted by molar-refractivity contribution is 5.91. The summed E-state index contributed by atoms with van der Waals surface area (Å²) in [5.74, 6) is 3.90. The van der Waals surface area contributed by atoms with Crippen LogP contribution >= 0.6 is 0 Å². The van der Waals surface area contributed by atoms with Crippen LogP contribution in [0.3, 0.4) is 0 Å². The molecule has 3 fully saturated rings. The zero-order valence-electron chi connectivity index (χ0n) is 16.8. The van der Waals surface area contributed by atoms with E-state index in [0.717, 1.165) is 43.9 Å². The van der Waals surface area contributed by atoms with Gasteiger partial charge in [0.1, 0.15) is 0 Å². The van der Waals surface area contributed by atoms with Crippen molar-refractivity contribution in [3.63, 3.8) is 0 Å². The first-order valence-electron chi connectivity index (χ1n) is 11.3. The van der Waals surface area contributed by atoms with Crippen LogP contribution in [0.2, 0.25) is 0 Å². The molecule has 0 amide bonds. The van der Waals surface area contributed by atoms with Crippen LogP contribution in [-0.2, 0) is 9.53 Å². The Hall–Kier alpha value is -0.930. The molecular weight excluding hydrogens is 336 g/mol. The number of ether oxygens (including phenoxy) is 1. The maximum atomic E-state index is 12.0. The molecule has 0 bridgehead atoms. The molecule has 3 saturated carbocycles. The molecule has 148 valence electrons. The zero-order valence-corrected chi connectivity index (χ0v) is 16.8. The minimum Gasteiger partial charge on any atom is -0.365 e. The largest absolute Gasteiger partial charge is 0.365 e. The van der Waals surface area contributed by atoms with Crippen molar-refractivity contribution >= 4 is 5.78 Å².